The highest BCUT2D eigenvalue weighted by Gasteiger charge is 2.27. The number of rotatable bonds is 6. The Morgan fingerprint density at radius 3 is 0.750 bits per heavy atom. The Labute approximate surface area is 100 Å². The average Bonchev–Trinajstić information content (AvgIpc) is 2.16. The van der Waals surface area contributed by atoms with Gasteiger partial charge in [-0.3, -0.25) is 0 Å². The van der Waals surface area contributed by atoms with Gasteiger partial charge in [-0.1, -0.05) is 0 Å². The highest BCUT2D eigenvalue weighted by atomic mass is 15.8. The first-order valence-corrected chi connectivity index (χ1v) is 5.40. The molecule has 0 aliphatic heterocycles. The van der Waals surface area contributed by atoms with Crippen LogP contribution in [0, 0.1) is 0 Å². The van der Waals surface area contributed by atoms with Gasteiger partial charge in [0.15, 0.2) is 6.29 Å². The van der Waals surface area contributed by atoms with Crippen LogP contribution in [0.1, 0.15) is 0 Å². The second-order valence-electron chi connectivity index (χ2n) is 4.61. The molecule has 0 rings (SSSR count). The number of hydrazine groups is 3. The molecular weight excluding hydrogens is 204 g/mol. The van der Waals surface area contributed by atoms with Crippen molar-refractivity contribution < 1.29 is 0 Å². The summed E-state index contributed by atoms with van der Waals surface area (Å²) >= 11 is 0. The Hall–Kier alpha value is -0.240. The molecule has 98 valence electrons. The van der Waals surface area contributed by atoms with E-state index in [2.05, 4.69) is 51.2 Å². The molecule has 0 aromatic heterocycles. The van der Waals surface area contributed by atoms with E-state index in [0.29, 0.717) is 0 Å². The van der Waals surface area contributed by atoms with Crippen LogP contribution in [0.25, 0.3) is 0 Å². The molecule has 0 N–H and O–H groups in total. The SMILES string of the molecule is CN(C)N(C)C(N(C)N(C)C)N(C)N(C)C. The third kappa shape index (κ3) is 3.97. The lowest BCUT2D eigenvalue weighted by atomic mass is 10.6. The Morgan fingerprint density at radius 2 is 0.625 bits per heavy atom. The lowest BCUT2D eigenvalue weighted by Crippen LogP contribution is -2.63. The number of hydrogen-bond acceptors (Lipinski definition) is 6. The molecular formula is C10H28N6. The molecule has 0 aliphatic carbocycles. The summed E-state index contributed by atoms with van der Waals surface area (Å²) in [6.45, 7) is 0. The third-order valence-electron chi connectivity index (χ3n) is 2.90. The molecule has 0 aromatic carbocycles. The zero-order valence-corrected chi connectivity index (χ0v) is 12.3. The Morgan fingerprint density at radius 1 is 0.438 bits per heavy atom. The average molecular weight is 232 g/mol. The molecule has 0 saturated heterocycles. The second kappa shape index (κ2) is 6.48. The number of hydrogen-bond donors (Lipinski definition) is 0. The van der Waals surface area contributed by atoms with E-state index < -0.39 is 0 Å². The van der Waals surface area contributed by atoms with Gasteiger partial charge >= 0.3 is 0 Å². The van der Waals surface area contributed by atoms with Crippen LogP contribution in [0.2, 0.25) is 0 Å². The standard InChI is InChI=1S/C10H28N6/c1-11(2)14(7)10(15(8)12(3)4)16(9)13(5)6/h10H,1-9H3. The summed E-state index contributed by atoms with van der Waals surface area (Å²) in [5.41, 5.74) is 0. The normalized spacial score (nSPS) is 13.5. The molecule has 0 atom stereocenters. The molecule has 0 heterocycles. The van der Waals surface area contributed by atoms with E-state index >= 15 is 0 Å². The monoisotopic (exact) mass is 232 g/mol. The van der Waals surface area contributed by atoms with Gasteiger partial charge in [0, 0.05) is 63.4 Å². The van der Waals surface area contributed by atoms with Crippen LogP contribution in [0.5, 0.6) is 0 Å². The minimum atomic E-state index is 0.139. The van der Waals surface area contributed by atoms with Crippen LogP contribution in [-0.4, -0.2) is 99.8 Å². The van der Waals surface area contributed by atoms with Gasteiger partial charge in [0.25, 0.3) is 0 Å². The highest BCUT2D eigenvalue weighted by molar-refractivity contribution is 4.60. The predicted octanol–water partition coefficient (Wildman–Crippen LogP) is -0.505. The summed E-state index contributed by atoms with van der Waals surface area (Å²) in [5, 5.41) is 12.7. The van der Waals surface area contributed by atoms with E-state index in [1.54, 1.807) is 0 Å². The summed E-state index contributed by atoms with van der Waals surface area (Å²) in [5.74, 6) is 0. The second-order valence-corrected chi connectivity index (χ2v) is 4.61. The van der Waals surface area contributed by atoms with Gasteiger partial charge < -0.3 is 0 Å². The molecule has 0 amide bonds. The van der Waals surface area contributed by atoms with Gasteiger partial charge in [-0.15, -0.1) is 0 Å². The minimum Gasteiger partial charge on any atom is -0.246 e. The fourth-order valence-corrected chi connectivity index (χ4v) is 1.35. The van der Waals surface area contributed by atoms with Gasteiger partial charge in [-0.2, -0.15) is 0 Å². The zero-order chi connectivity index (χ0) is 13.0. The maximum atomic E-state index is 2.17. The van der Waals surface area contributed by atoms with Crippen LogP contribution in [-0.2, 0) is 0 Å². The molecule has 0 aliphatic rings. The van der Waals surface area contributed by atoms with Gasteiger partial charge in [0.1, 0.15) is 0 Å². The molecule has 6 nitrogen and oxygen atoms in total. The van der Waals surface area contributed by atoms with Gasteiger partial charge in [-0.05, 0) is 0 Å². The van der Waals surface area contributed by atoms with Gasteiger partial charge in [0.2, 0.25) is 0 Å². The maximum Gasteiger partial charge on any atom is 0.157 e. The van der Waals surface area contributed by atoms with Crippen LogP contribution >= 0.6 is 0 Å². The van der Waals surface area contributed by atoms with Crippen molar-refractivity contribution in [1.29, 1.82) is 0 Å². The molecule has 16 heavy (non-hydrogen) atoms. The lowest BCUT2D eigenvalue weighted by molar-refractivity contribution is -0.226. The van der Waals surface area contributed by atoms with E-state index in [1.807, 2.05) is 42.3 Å². The lowest BCUT2D eigenvalue weighted by Gasteiger charge is -2.47. The fourth-order valence-electron chi connectivity index (χ4n) is 1.35. The molecule has 0 fully saturated rings. The van der Waals surface area contributed by atoms with Crippen molar-refractivity contribution in [3.8, 4) is 0 Å². The summed E-state index contributed by atoms with van der Waals surface area (Å²) in [4.78, 5) is 0. The van der Waals surface area contributed by atoms with Crippen LogP contribution < -0.4 is 0 Å². The maximum absolute atomic E-state index is 2.17. The summed E-state index contributed by atoms with van der Waals surface area (Å²) in [6.07, 6.45) is 0.139. The fraction of sp³-hybridized carbons (Fsp3) is 1.00. The van der Waals surface area contributed by atoms with E-state index in [4.69, 9.17) is 0 Å². The van der Waals surface area contributed by atoms with Gasteiger partial charge in [-0.25, -0.2) is 30.1 Å². The molecule has 0 spiro atoms. The zero-order valence-electron chi connectivity index (χ0n) is 12.3. The molecule has 0 saturated carbocycles. The Bertz CT molecular complexity index is 160. The molecule has 0 radical (unpaired) electrons. The number of nitrogens with zero attached hydrogens (tertiary/aromatic N) is 6. The van der Waals surface area contributed by atoms with E-state index in [9.17, 15) is 0 Å². The van der Waals surface area contributed by atoms with E-state index in [1.165, 1.54) is 0 Å². The Balaban J connectivity index is 4.89. The smallest absolute Gasteiger partial charge is 0.157 e. The predicted molar refractivity (Wildman–Crippen MR) is 68.1 cm³/mol. The highest BCUT2D eigenvalue weighted by Crippen LogP contribution is 2.09. The van der Waals surface area contributed by atoms with Crippen molar-refractivity contribution in [2.24, 2.45) is 0 Å². The quantitative estimate of drug-likeness (QED) is 0.451. The molecule has 0 aromatic rings. The third-order valence-corrected chi connectivity index (χ3v) is 2.90. The van der Waals surface area contributed by atoms with Crippen molar-refractivity contribution in [2.45, 2.75) is 6.29 Å². The van der Waals surface area contributed by atoms with Crippen LogP contribution in [0.3, 0.4) is 0 Å². The summed E-state index contributed by atoms with van der Waals surface area (Å²) in [7, 11) is 18.5. The van der Waals surface area contributed by atoms with E-state index in [-0.39, 0.29) is 6.29 Å². The van der Waals surface area contributed by atoms with Crippen molar-refractivity contribution in [3.63, 3.8) is 0 Å². The van der Waals surface area contributed by atoms with Crippen molar-refractivity contribution in [2.75, 3.05) is 63.4 Å². The molecule has 6 heteroatoms. The van der Waals surface area contributed by atoms with Crippen molar-refractivity contribution >= 4 is 0 Å². The topological polar surface area (TPSA) is 19.4 Å². The van der Waals surface area contributed by atoms with Crippen LogP contribution in [0.15, 0.2) is 0 Å². The van der Waals surface area contributed by atoms with E-state index in [0.717, 1.165) is 0 Å². The molecule has 0 bridgehead atoms. The van der Waals surface area contributed by atoms with Crippen molar-refractivity contribution in [1.82, 2.24) is 30.1 Å². The van der Waals surface area contributed by atoms with Crippen LogP contribution in [0.4, 0.5) is 0 Å². The molecule has 0 unspecified atom stereocenters. The van der Waals surface area contributed by atoms with Gasteiger partial charge in [0.05, 0.1) is 0 Å². The first-order valence-electron chi connectivity index (χ1n) is 5.40. The summed E-state index contributed by atoms with van der Waals surface area (Å²) < 4.78 is 0. The largest absolute Gasteiger partial charge is 0.246 e. The minimum absolute atomic E-state index is 0.139. The Kier molecular flexibility index (Phi) is 6.39. The summed E-state index contributed by atoms with van der Waals surface area (Å²) in [6, 6.07) is 0. The van der Waals surface area contributed by atoms with Crippen molar-refractivity contribution in [3.05, 3.63) is 0 Å². The first-order chi connectivity index (χ1) is 7.20. The first kappa shape index (κ1) is 15.8.